The third kappa shape index (κ3) is 7.71. The first-order chi connectivity index (χ1) is 18.9. The lowest BCUT2D eigenvalue weighted by Crippen LogP contribution is -2.34. The highest BCUT2D eigenvalue weighted by Gasteiger charge is 2.17. The number of carbonyl (C=O) groups is 3. The topological polar surface area (TPSA) is 134 Å². The number of hydrogen-bond acceptors (Lipinski definition) is 9. The average Bonchev–Trinajstić information content (AvgIpc) is 2.96. The van der Waals surface area contributed by atoms with E-state index >= 15 is 0 Å². The van der Waals surface area contributed by atoms with Gasteiger partial charge in [-0.1, -0.05) is 18.2 Å². The number of hydrazone groups is 1. The van der Waals surface area contributed by atoms with Gasteiger partial charge in [-0.15, -0.1) is 0 Å². The van der Waals surface area contributed by atoms with Crippen molar-refractivity contribution in [3.8, 4) is 28.7 Å². The van der Waals surface area contributed by atoms with Gasteiger partial charge < -0.3 is 29.0 Å². The fraction of sp³-hybridized carbons (Fsp3) is 0.214. The summed E-state index contributed by atoms with van der Waals surface area (Å²) in [7, 11) is 4.33. The van der Waals surface area contributed by atoms with Gasteiger partial charge in [-0.2, -0.15) is 5.10 Å². The molecule has 0 atom stereocenters. The molecule has 2 N–H and O–H groups in total. The highest BCUT2D eigenvalue weighted by Crippen LogP contribution is 2.38. The Labute approximate surface area is 225 Å². The van der Waals surface area contributed by atoms with Crippen molar-refractivity contribution in [1.82, 2.24) is 10.7 Å². The first-order valence-electron chi connectivity index (χ1n) is 11.8. The summed E-state index contributed by atoms with van der Waals surface area (Å²) in [5, 5.41) is 6.42. The molecule has 0 fully saturated rings. The van der Waals surface area contributed by atoms with E-state index in [1.165, 1.54) is 39.7 Å². The van der Waals surface area contributed by atoms with Crippen molar-refractivity contribution in [2.75, 3.05) is 34.5 Å². The van der Waals surface area contributed by atoms with Crippen LogP contribution in [0.25, 0.3) is 0 Å². The lowest BCUT2D eigenvalue weighted by molar-refractivity contribution is -0.120. The lowest BCUT2D eigenvalue weighted by atomic mass is 10.1. The van der Waals surface area contributed by atoms with Crippen LogP contribution >= 0.6 is 0 Å². The van der Waals surface area contributed by atoms with Crippen LogP contribution in [0.5, 0.6) is 28.7 Å². The van der Waals surface area contributed by atoms with E-state index in [1.54, 1.807) is 55.5 Å². The van der Waals surface area contributed by atoms with Crippen LogP contribution in [-0.4, -0.2) is 58.5 Å². The predicted octanol–water partition coefficient (Wildman–Crippen LogP) is 3.21. The van der Waals surface area contributed by atoms with Crippen LogP contribution in [0.4, 0.5) is 0 Å². The molecule has 0 saturated heterocycles. The molecule has 3 aromatic rings. The highest BCUT2D eigenvalue weighted by atomic mass is 16.6. The predicted molar refractivity (Wildman–Crippen MR) is 143 cm³/mol. The molecule has 2 amide bonds. The van der Waals surface area contributed by atoms with Crippen LogP contribution in [0.1, 0.15) is 33.2 Å². The zero-order valence-electron chi connectivity index (χ0n) is 22.0. The number of amides is 2. The SMILES string of the molecule is CCOc1cc(/C=N\NC(=O)CNC(=O)c2cc(OC)c(OC)c(OC)c2)ccc1OC(=O)c1ccccc1. The smallest absolute Gasteiger partial charge is 0.343 e. The number of esters is 1. The van der Waals surface area contributed by atoms with Gasteiger partial charge in [0.2, 0.25) is 5.75 Å². The lowest BCUT2D eigenvalue weighted by Gasteiger charge is -2.14. The maximum absolute atomic E-state index is 12.5. The van der Waals surface area contributed by atoms with Gasteiger partial charge in [0.05, 0.1) is 46.3 Å². The van der Waals surface area contributed by atoms with Crippen molar-refractivity contribution in [3.63, 3.8) is 0 Å². The third-order valence-electron chi connectivity index (χ3n) is 5.22. The Kier molecular flexibility index (Phi) is 10.3. The number of nitrogens with one attached hydrogen (secondary N) is 2. The van der Waals surface area contributed by atoms with Crippen LogP contribution in [0.2, 0.25) is 0 Å². The first kappa shape index (κ1) is 28.5. The fourth-order valence-corrected chi connectivity index (χ4v) is 3.38. The minimum Gasteiger partial charge on any atom is -0.493 e. The normalized spacial score (nSPS) is 10.5. The zero-order valence-corrected chi connectivity index (χ0v) is 22.0. The molecule has 0 bridgehead atoms. The highest BCUT2D eigenvalue weighted by molar-refractivity contribution is 5.97. The van der Waals surface area contributed by atoms with E-state index in [1.807, 2.05) is 0 Å². The summed E-state index contributed by atoms with van der Waals surface area (Å²) in [6, 6.07) is 16.4. The van der Waals surface area contributed by atoms with Crippen LogP contribution in [-0.2, 0) is 4.79 Å². The molecule has 0 saturated carbocycles. The van der Waals surface area contributed by atoms with Gasteiger partial charge in [-0.3, -0.25) is 9.59 Å². The van der Waals surface area contributed by atoms with E-state index in [0.717, 1.165) is 0 Å². The number of ether oxygens (including phenoxy) is 5. The summed E-state index contributed by atoms with van der Waals surface area (Å²) in [4.78, 5) is 37.1. The molecule has 0 spiro atoms. The Hall–Kier alpha value is -5.06. The molecule has 204 valence electrons. The molecule has 0 aliphatic heterocycles. The minimum absolute atomic E-state index is 0.220. The van der Waals surface area contributed by atoms with E-state index in [0.29, 0.717) is 40.7 Å². The quantitative estimate of drug-likeness (QED) is 0.156. The van der Waals surface area contributed by atoms with Crippen LogP contribution in [0.3, 0.4) is 0 Å². The Morgan fingerprint density at radius 2 is 1.51 bits per heavy atom. The minimum atomic E-state index is -0.550. The summed E-state index contributed by atoms with van der Waals surface area (Å²) in [6.45, 7) is 1.82. The van der Waals surface area contributed by atoms with Gasteiger partial charge in [0, 0.05) is 5.56 Å². The first-order valence-corrected chi connectivity index (χ1v) is 11.8. The zero-order chi connectivity index (χ0) is 28.2. The standard InChI is InChI=1S/C28H29N3O8/c1-5-38-22-13-18(11-12-21(22)39-28(34)19-9-7-6-8-10-19)16-30-31-25(32)17-29-27(33)20-14-23(35-2)26(37-4)24(15-20)36-3/h6-16H,5,17H2,1-4H3,(H,29,33)(H,31,32)/b30-16-. The molecule has 0 unspecified atom stereocenters. The Morgan fingerprint density at radius 3 is 2.13 bits per heavy atom. The van der Waals surface area contributed by atoms with Gasteiger partial charge in [-0.05, 0) is 55.0 Å². The van der Waals surface area contributed by atoms with Crippen molar-refractivity contribution in [2.45, 2.75) is 6.92 Å². The van der Waals surface area contributed by atoms with Crippen LogP contribution < -0.4 is 34.4 Å². The van der Waals surface area contributed by atoms with Crippen molar-refractivity contribution in [3.05, 3.63) is 77.4 Å². The van der Waals surface area contributed by atoms with E-state index < -0.39 is 17.8 Å². The molecule has 3 rings (SSSR count). The molecule has 0 radical (unpaired) electrons. The molecular weight excluding hydrogens is 506 g/mol. The second-order valence-electron chi connectivity index (χ2n) is 7.78. The van der Waals surface area contributed by atoms with E-state index in [9.17, 15) is 14.4 Å². The Morgan fingerprint density at radius 1 is 0.821 bits per heavy atom. The molecule has 39 heavy (non-hydrogen) atoms. The maximum Gasteiger partial charge on any atom is 0.343 e. The molecule has 0 aliphatic rings. The van der Waals surface area contributed by atoms with Gasteiger partial charge in [0.1, 0.15) is 0 Å². The van der Waals surface area contributed by atoms with E-state index in [2.05, 4.69) is 15.8 Å². The summed E-state index contributed by atoms with van der Waals surface area (Å²) in [5.74, 6) is -0.0269. The monoisotopic (exact) mass is 535 g/mol. The molecule has 0 heterocycles. The van der Waals surface area contributed by atoms with E-state index in [-0.39, 0.29) is 17.9 Å². The second kappa shape index (κ2) is 14.0. The van der Waals surface area contributed by atoms with Crippen molar-refractivity contribution in [2.24, 2.45) is 5.10 Å². The van der Waals surface area contributed by atoms with Gasteiger partial charge in [0.15, 0.2) is 23.0 Å². The number of hydrogen-bond donors (Lipinski definition) is 2. The molecule has 0 aliphatic carbocycles. The largest absolute Gasteiger partial charge is 0.493 e. The molecule has 0 aromatic heterocycles. The second-order valence-corrected chi connectivity index (χ2v) is 7.78. The molecule has 3 aromatic carbocycles. The van der Waals surface area contributed by atoms with E-state index in [4.69, 9.17) is 23.7 Å². The van der Waals surface area contributed by atoms with Crippen molar-refractivity contribution in [1.29, 1.82) is 0 Å². The summed E-state index contributed by atoms with van der Waals surface area (Å²) in [5.41, 5.74) is 3.55. The summed E-state index contributed by atoms with van der Waals surface area (Å²) >= 11 is 0. The Bertz CT molecular complexity index is 1320. The molecule has 11 heteroatoms. The van der Waals surface area contributed by atoms with Crippen LogP contribution in [0, 0.1) is 0 Å². The summed E-state index contributed by atoms with van der Waals surface area (Å²) < 4.78 is 26.8. The molecular formula is C28H29N3O8. The summed E-state index contributed by atoms with van der Waals surface area (Å²) in [6.07, 6.45) is 1.39. The fourth-order valence-electron chi connectivity index (χ4n) is 3.38. The number of nitrogens with zero attached hydrogens (tertiary/aromatic N) is 1. The third-order valence-corrected chi connectivity index (χ3v) is 5.22. The number of methoxy groups -OCH3 is 3. The number of benzene rings is 3. The molecule has 11 nitrogen and oxygen atoms in total. The van der Waals surface area contributed by atoms with Crippen LogP contribution in [0.15, 0.2) is 65.8 Å². The number of rotatable bonds is 12. The van der Waals surface area contributed by atoms with Gasteiger partial charge >= 0.3 is 5.97 Å². The number of carbonyl (C=O) groups excluding carboxylic acids is 3. The van der Waals surface area contributed by atoms with Crippen molar-refractivity contribution < 1.29 is 38.1 Å². The van der Waals surface area contributed by atoms with Crippen molar-refractivity contribution >= 4 is 24.0 Å². The average molecular weight is 536 g/mol. The van der Waals surface area contributed by atoms with Gasteiger partial charge in [0.25, 0.3) is 11.8 Å². The van der Waals surface area contributed by atoms with Gasteiger partial charge in [-0.25, -0.2) is 10.2 Å². The Balaban J connectivity index is 1.58. The maximum atomic E-state index is 12.5.